The fraction of sp³-hybridized carbons (Fsp3) is 0.0909. The predicted octanol–water partition coefficient (Wildman–Crippen LogP) is 1.49. The van der Waals surface area contributed by atoms with Crippen LogP contribution in [0.1, 0.15) is 5.69 Å². The molecule has 0 aliphatic carbocycles. The van der Waals surface area contributed by atoms with Gasteiger partial charge in [-0.15, -0.1) is 10.2 Å². The lowest BCUT2D eigenvalue weighted by atomic mass is 10.2. The Labute approximate surface area is 91.8 Å². The summed E-state index contributed by atoms with van der Waals surface area (Å²) >= 11 is 0. The fourth-order valence-corrected chi connectivity index (χ4v) is 1.56. The van der Waals surface area contributed by atoms with Gasteiger partial charge in [-0.2, -0.15) is 9.61 Å². The number of pyridine rings is 1. The summed E-state index contributed by atoms with van der Waals surface area (Å²) in [6.45, 7) is 1.94. The zero-order valence-electron chi connectivity index (χ0n) is 8.70. The second-order valence-corrected chi connectivity index (χ2v) is 3.50. The zero-order chi connectivity index (χ0) is 11.0. The van der Waals surface area contributed by atoms with Gasteiger partial charge in [0.2, 0.25) is 0 Å². The fourth-order valence-electron chi connectivity index (χ4n) is 1.56. The van der Waals surface area contributed by atoms with Crippen molar-refractivity contribution in [3.05, 3.63) is 42.4 Å². The summed E-state index contributed by atoms with van der Waals surface area (Å²) in [5, 5.41) is 12.6. The minimum absolute atomic E-state index is 0.737. The molecule has 0 atom stereocenters. The summed E-state index contributed by atoms with van der Waals surface area (Å²) in [6, 6.07) is 7.60. The lowest BCUT2D eigenvalue weighted by molar-refractivity contribution is 0.901. The average Bonchev–Trinajstić information content (AvgIpc) is 2.73. The first-order chi connectivity index (χ1) is 7.84. The predicted molar refractivity (Wildman–Crippen MR) is 58.8 cm³/mol. The highest BCUT2D eigenvalue weighted by Gasteiger charge is 2.08. The van der Waals surface area contributed by atoms with Gasteiger partial charge in [0.05, 0.1) is 5.69 Å². The van der Waals surface area contributed by atoms with Gasteiger partial charge >= 0.3 is 0 Å². The summed E-state index contributed by atoms with van der Waals surface area (Å²) in [5.74, 6) is 0.737. The molecule has 3 aromatic rings. The molecule has 0 aliphatic heterocycles. The summed E-state index contributed by atoms with van der Waals surface area (Å²) in [7, 11) is 0. The van der Waals surface area contributed by atoms with Crippen molar-refractivity contribution in [2.45, 2.75) is 6.92 Å². The molecular weight excluding hydrogens is 202 g/mol. The van der Waals surface area contributed by atoms with Crippen LogP contribution < -0.4 is 0 Å². The molecule has 3 heterocycles. The van der Waals surface area contributed by atoms with E-state index in [1.807, 2.05) is 31.2 Å². The van der Waals surface area contributed by atoms with Crippen molar-refractivity contribution in [2.75, 3.05) is 0 Å². The maximum Gasteiger partial charge on any atom is 0.185 e. The second-order valence-electron chi connectivity index (χ2n) is 3.50. The van der Waals surface area contributed by atoms with Crippen LogP contribution in [0.3, 0.4) is 0 Å². The molecule has 0 spiro atoms. The van der Waals surface area contributed by atoms with Gasteiger partial charge < -0.3 is 0 Å². The molecule has 0 unspecified atom stereocenters. The Hall–Kier alpha value is -2.30. The maximum atomic E-state index is 4.38. The molecule has 0 aromatic carbocycles. The average molecular weight is 211 g/mol. The van der Waals surface area contributed by atoms with Crippen LogP contribution in [0.4, 0.5) is 0 Å². The minimum Gasteiger partial charge on any atom is -0.265 e. The van der Waals surface area contributed by atoms with E-state index in [2.05, 4.69) is 20.3 Å². The molecule has 0 N–H and O–H groups in total. The monoisotopic (exact) mass is 211 g/mol. The molecular formula is C11H9N5. The van der Waals surface area contributed by atoms with E-state index in [1.165, 1.54) is 0 Å². The van der Waals surface area contributed by atoms with E-state index in [9.17, 15) is 0 Å². The first-order valence-corrected chi connectivity index (χ1v) is 4.94. The van der Waals surface area contributed by atoms with Crippen LogP contribution in [0.5, 0.6) is 0 Å². The lowest BCUT2D eigenvalue weighted by Crippen LogP contribution is -1.96. The van der Waals surface area contributed by atoms with Crippen molar-refractivity contribution in [2.24, 2.45) is 0 Å². The molecule has 78 valence electrons. The molecule has 0 radical (unpaired) electrons. The smallest absolute Gasteiger partial charge is 0.185 e. The third-order valence-electron chi connectivity index (χ3n) is 2.33. The first-order valence-electron chi connectivity index (χ1n) is 4.94. The van der Waals surface area contributed by atoms with Crippen molar-refractivity contribution in [1.29, 1.82) is 0 Å². The summed E-state index contributed by atoms with van der Waals surface area (Å²) in [6.07, 6.45) is 3.46. The Morgan fingerprint density at radius 1 is 1.00 bits per heavy atom. The highest BCUT2D eigenvalue weighted by Crippen LogP contribution is 2.15. The van der Waals surface area contributed by atoms with E-state index in [-0.39, 0.29) is 0 Å². The third-order valence-corrected chi connectivity index (χ3v) is 2.33. The number of aryl methyl sites for hydroxylation is 1. The van der Waals surface area contributed by atoms with Crippen LogP contribution in [0.15, 0.2) is 36.7 Å². The molecule has 0 aliphatic rings. The van der Waals surface area contributed by atoms with Gasteiger partial charge in [-0.3, -0.25) is 4.98 Å². The van der Waals surface area contributed by atoms with Gasteiger partial charge in [0.15, 0.2) is 11.5 Å². The van der Waals surface area contributed by atoms with E-state index in [1.54, 1.807) is 16.9 Å². The number of hydrogen-bond acceptors (Lipinski definition) is 4. The molecule has 5 heteroatoms. The van der Waals surface area contributed by atoms with Gasteiger partial charge in [-0.25, -0.2) is 0 Å². The van der Waals surface area contributed by atoms with E-state index in [4.69, 9.17) is 0 Å². The van der Waals surface area contributed by atoms with Crippen LogP contribution >= 0.6 is 0 Å². The first kappa shape index (κ1) is 8.96. The molecule has 16 heavy (non-hydrogen) atoms. The highest BCUT2D eigenvalue weighted by atomic mass is 15.4. The summed E-state index contributed by atoms with van der Waals surface area (Å²) < 4.78 is 1.74. The highest BCUT2D eigenvalue weighted by molar-refractivity contribution is 5.57. The SMILES string of the molecule is Cc1ccc2nnc(-c3ccncc3)n2n1. The quantitative estimate of drug-likeness (QED) is 0.612. The van der Waals surface area contributed by atoms with Crippen molar-refractivity contribution < 1.29 is 0 Å². The molecule has 0 amide bonds. The van der Waals surface area contributed by atoms with Gasteiger partial charge in [-0.05, 0) is 31.2 Å². The Morgan fingerprint density at radius 3 is 2.62 bits per heavy atom. The van der Waals surface area contributed by atoms with Crippen molar-refractivity contribution >= 4 is 5.65 Å². The van der Waals surface area contributed by atoms with Crippen molar-refractivity contribution in [3.63, 3.8) is 0 Å². The van der Waals surface area contributed by atoms with E-state index in [0.29, 0.717) is 0 Å². The summed E-state index contributed by atoms with van der Waals surface area (Å²) in [4.78, 5) is 3.98. The lowest BCUT2D eigenvalue weighted by Gasteiger charge is -1.98. The molecule has 3 rings (SSSR count). The molecule has 3 aromatic heterocycles. The Kier molecular flexibility index (Phi) is 1.89. The normalized spacial score (nSPS) is 10.8. The Morgan fingerprint density at radius 2 is 1.81 bits per heavy atom. The number of nitrogens with zero attached hydrogens (tertiary/aromatic N) is 5. The van der Waals surface area contributed by atoms with Crippen LogP contribution in [0.25, 0.3) is 17.0 Å². The molecule has 0 fully saturated rings. The number of fused-ring (bicyclic) bond motifs is 1. The Bertz CT molecular complexity index is 629. The van der Waals surface area contributed by atoms with E-state index >= 15 is 0 Å². The number of rotatable bonds is 1. The van der Waals surface area contributed by atoms with Crippen LogP contribution in [-0.2, 0) is 0 Å². The van der Waals surface area contributed by atoms with E-state index < -0.39 is 0 Å². The van der Waals surface area contributed by atoms with Crippen LogP contribution in [0, 0.1) is 6.92 Å². The molecule has 0 bridgehead atoms. The Balaban J connectivity index is 2.29. The summed E-state index contributed by atoms with van der Waals surface area (Å²) in [5.41, 5.74) is 2.64. The second kappa shape index (κ2) is 3.37. The van der Waals surface area contributed by atoms with Gasteiger partial charge in [-0.1, -0.05) is 0 Å². The van der Waals surface area contributed by atoms with Gasteiger partial charge in [0.1, 0.15) is 0 Å². The maximum absolute atomic E-state index is 4.38. The minimum atomic E-state index is 0.737. The van der Waals surface area contributed by atoms with Crippen LogP contribution in [0.2, 0.25) is 0 Å². The molecule has 5 nitrogen and oxygen atoms in total. The number of aromatic nitrogens is 5. The van der Waals surface area contributed by atoms with Crippen molar-refractivity contribution in [1.82, 2.24) is 24.8 Å². The molecule has 0 saturated heterocycles. The van der Waals surface area contributed by atoms with Gasteiger partial charge in [0, 0.05) is 18.0 Å². The zero-order valence-corrected chi connectivity index (χ0v) is 8.70. The van der Waals surface area contributed by atoms with Gasteiger partial charge in [0.25, 0.3) is 0 Å². The topological polar surface area (TPSA) is 56.0 Å². The number of hydrogen-bond donors (Lipinski definition) is 0. The third kappa shape index (κ3) is 1.33. The van der Waals surface area contributed by atoms with E-state index in [0.717, 1.165) is 22.7 Å². The molecule has 0 saturated carbocycles. The van der Waals surface area contributed by atoms with Crippen LogP contribution in [-0.4, -0.2) is 24.8 Å². The largest absolute Gasteiger partial charge is 0.265 e. The van der Waals surface area contributed by atoms with Crippen molar-refractivity contribution in [3.8, 4) is 11.4 Å². The standard InChI is InChI=1S/C11H9N5/c1-8-2-3-10-13-14-11(16(10)15-8)9-4-6-12-7-5-9/h2-7H,1H3.